The fourth-order valence-electron chi connectivity index (χ4n) is 3.08. The van der Waals surface area contributed by atoms with Gasteiger partial charge in [0.25, 0.3) is 11.8 Å². The number of aryl methyl sites for hydroxylation is 1. The van der Waals surface area contributed by atoms with E-state index in [0.717, 1.165) is 11.3 Å². The molecular weight excluding hydrogens is 526 g/mol. The van der Waals surface area contributed by atoms with E-state index in [1.165, 1.54) is 24.2 Å². The molecule has 0 aliphatic carbocycles. The summed E-state index contributed by atoms with van der Waals surface area (Å²) in [6, 6.07) is -0.528. The summed E-state index contributed by atoms with van der Waals surface area (Å²) in [5.74, 6) is -1.48. The summed E-state index contributed by atoms with van der Waals surface area (Å²) in [5.41, 5.74) is -3.80. The molecule has 8 nitrogen and oxygen atoms in total. The minimum atomic E-state index is -5.21. The summed E-state index contributed by atoms with van der Waals surface area (Å²) < 4.78 is 78.8. The summed E-state index contributed by atoms with van der Waals surface area (Å²) in [5, 5.41) is 2.65. The van der Waals surface area contributed by atoms with E-state index in [0.29, 0.717) is 22.1 Å². The van der Waals surface area contributed by atoms with Crippen LogP contribution in [-0.4, -0.2) is 50.2 Å². The lowest BCUT2D eigenvalue weighted by Crippen LogP contribution is -2.29. The van der Waals surface area contributed by atoms with Crippen LogP contribution in [0.5, 0.6) is 0 Å². The first kappa shape index (κ1) is 28.0. The normalized spacial score (nSPS) is 12.8. The van der Waals surface area contributed by atoms with Gasteiger partial charge in [0, 0.05) is 25.4 Å². The highest BCUT2D eigenvalue weighted by Gasteiger charge is 2.39. The molecule has 3 rings (SSSR count). The molecule has 2 amide bonds. The van der Waals surface area contributed by atoms with E-state index in [2.05, 4.69) is 25.3 Å². The van der Waals surface area contributed by atoms with Crippen LogP contribution in [0.25, 0.3) is 10.7 Å². The number of carbonyl (C=O) groups is 2. The Morgan fingerprint density at radius 3 is 2.16 bits per heavy atom. The number of amides is 2. The molecule has 15 heteroatoms. The fourth-order valence-corrected chi connectivity index (χ4v) is 3.99. The number of rotatable bonds is 6. The highest BCUT2D eigenvalue weighted by molar-refractivity contribution is 7.16. The molecule has 0 radical (unpaired) electrons. The first-order chi connectivity index (χ1) is 17.1. The highest BCUT2D eigenvalue weighted by atomic mass is 32.1. The second-order valence-corrected chi connectivity index (χ2v) is 8.94. The second-order valence-electron chi connectivity index (χ2n) is 7.91. The van der Waals surface area contributed by atoms with E-state index in [9.17, 15) is 35.9 Å². The number of halogens is 6. The number of thiazole rings is 1. The number of nitrogens with one attached hydrogen (secondary N) is 1. The molecule has 0 saturated heterocycles. The van der Waals surface area contributed by atoms with Gasteiger partial charge < -0.3 is 10.2 Å². The van der Waals surface area contributed by atoms with Crippen molar-refractivity contribution < 1.29 is 35.9 Å². The van der Waals surface area contributed by atoms with Gasteiger partial charge in [-0.15, -0.1) is 11.3 Å². The van der Waals surface area contributed by atoms with Gasteiger partial charge in [0.15, 0.2) is 0 Å². The molecule has 3 aromatic rings. The average molecular weight is 546 g/mol. The largest absolute Gasteiger partial charge is 0.433 e. The van der Waals surface area contributed by atoms with E-state index >= 15 is 0 Å². The molecule has 37 heavy (non-hydrogen) atoms. The van der Waals surface area contributed by atoms with Gasteiger partial charge in [-0.25, -0.2) is 15.0 Å². The van der Waals surface area contributed by atoms with Crippen molar-refractivity contribution in [2.45, 2.75) is 39.2 Å². The van der Waals surface area contributed by atoms with Gasteiger partial charge in [-0.05, 0) is 32.9 Å². The maximum absolute atomic E-state index is 13.1. The van der Waals surface area contributed by atoms with Gasteiger partial charge >= 0.3 is 12.4 Å². The van der Waals surface area contributed by atoms with Crippen LogP contribution in [0, 0.1) is 6.92 Å². The lowest BCUT2D eigenvalue weighted by molar-refractivity contribution is -0.150. The molecule has 1 atom stereocenters. The predicted molar refractivity (Wildman–Crippen MR) is 121 cm³/mol. The van der Waals surface area contributed by atoms with Gasteiger partial charge in [-0.1, -0.05) is 0 Å². The Kier molecular flexibility index (Phi) is 7.86. The van der Waals surface area contributed by atoms with Crippen molar-refractivity contribution in [3.05, 3.63) is 57.7 Å². The molecule has 0 bridgehead atoms. The maximum Gasteiger partial charge on any atom is 0.433 e. The van der Waals surface area contributed by atoms with Crippen LogP contribution in [0.4, 0.5) is 26.3 Å². The number of hydrogen-bond acceptors (Lipinski definition) is 7. The zero-order chi connectivity index (χ0) is 27.7. The first-order valence-electron chi connectivity index (χ1n) is 10.6. The average Bonchev–Trinajstić information content (AvgIpc) is 3.31. The van der Waals surface area contributed by atoms with Crippen LogP contribution in [0.1, 0.15) is 62.7 Å². The van der Waals surface area contributed by atoms with Crippen LogP contribution in [-0.2, 0) is 12.4 Å². The Morgan fingerprint density at radius 2 is 1.62 bits per heavy atom. The molecule has 3 heterocycles. The van der Waals surface area contributed by atoms with E-state index in [4.69, 9.17) is 0 Å². The molecule has 0 fully saturated rings. The lowest BCUT2D eigenvalue weighted by Gasteiger charge is -2.17. The number of hydrogen-bond donors (Lipinski definition) is 1. The molecule has 198 valence electrons. The molecule has 0 aromatic carbocycles. The fraction of sp³-hybridized carbons (Fsp3) is 0.364. The van der Waals surface area contributed by atoms with Gasteiger partial charge in [0.1, 0.15) is 27.0 Å². The van der Waals surface area contributed by atoms with Crippen molar-refractivity contribution in [3.8, 4) is 10.7 Å². The van der Waals surface area contributed by atoms with Gasteiger partial charge in [0.2, 0.25) is 0 Å². The number of pyridine rings is 1. The van der Waals surface area contributed by atoms with Crippen molar-refractivity contribution in [2.75, 3.05) is 13.6 Å². The van der Waals surface area contributed by atoms with Gasteiger partial charge in [0.05, 0.1) is 23.6 Å². The highest BCUT2D eigenvalue weighted by Crippen LogP contribution is 2.34. The monoisotopic (exact) mass is 546 g/mol. The molecule has 0 saturated carbocycles. The van der Waals surface area contributed by atoms with Crippen molar-refractivity contribution in [3.63, 3.8) is 0 Å². The quantitative estimate of drug-likeness (QED) is 0.441. The predicted octanol–water partition coefficient (Wildman–Crippen LogP) is 4.92. The van der Waals surface area contributed by atoms with Gasteiger partial charge in [-0.3, -0.25) is 14.6 Å². The Hall–Kier alpha value is -3.62. The standard InChI is InChI=1S/C22H20F6N6O2S/c1-5-34(4)20(36)13-9-30-19(37-13)17-16(31-10(2)8-29-17)11(3)32-18(35)12-6-14(21(23,24)25)33-15(7-12)22(26,27)28/h6-9,11H,5H2,1-4H3,(H,32,35)/t11-/m1/s1. The van der Waals surface area contributed by atoms with E-state index < -0.39 is 41.3 Å². The number of alkyl halides is 6. The molecule has 0 aliphatic heterocycles. The zero-order valence-corrected chi connectivity index (χ0v) is 20.6. The Labute approximate surface area is 210 Å². The van der Waals surface area contributed by atoms with E-state index in [1.54, 1.807) is 20.9 Å². The molecule has 0 aliphatic rings. The number of nitrogens with zero attached hydrogens (tertiary/aromatic N) is 5. The van der Waals surface area contributed by atoms with E-state index in [-0.39, 0.29) is 29.4 Å². The summed E-state index contributed by atoms with van der Waals surface area (Å²) >= 11 is 1.02. The van der Waals surface area contributed by atoms with Crippen LogP contribution in [0.15, 0.2) is 24.5 Å². The molecule has 3 aromatic heterocycles. The summed E-state index contributed by atoms with van der Waals surface area (Å²) in [7, 11) is 1.62. The smallest absolute Gasteiger partial charge is 0.344 e. The lowest BCUT2D eigenvalue weighted by atomic mass is 10.1. The number of carbonyl (C=O) groups excluding carboxylic acids is 2. The van der Waals surface area contributed by atoms with Crippen molar-refractivity contribution >= 4 is 23.2 Å². The molecule has 1 N–H and O–H groups in total. The van der Waals surface area contributed by atoms with E-state index in [1.807, 2.05) is 0 Å². The van der Waals surface area contributed by atoms with Crippen molar-refractivity contribution in [2.24, 2.45) is 0 Å². The Bertz CT molecular complexity index is 1290. The maximum atomic E-state index is 13.1. The Morgan fingerprint density at radius 1 is 1.03 bits per heavy atom. The number of aromatic nitrogens is 4. The van der Waals surface area contributed by atoms with Crippen LogP contribution >= 0.6 is 11.3 Å². The van der Waals surface area contributed by atoms with Crippen LogP contribution in [0.2, 0.25) is 0 Å². The Balaban J connectivity index is 1.96. The SMILES string of the molecule is CCN(C)C(=O)c1cnc(-c2ncc(C)nc2[C@@H](C)NC(=O)c2cc(C(F)(F)F)nc(C(F)(F)F)c2)s1. The topological polar surface area (TPSA) is 101 Å². The minimum Gasteiger partial charge on any atom is -0.344 e. The molecule has 0 unspecified atom stereocenters. The first-order valence-corrected chi connectivity index (χ1v) is 11.5. The third-order valence-corrected chi connectivity index (χ3v) is 6.08. The molecular formula is C22H20F6N6O2S. The third kappa shape index (κ3) is 6.39. The minimum absolute atomic E-state index is 0.159. The van der Waals surface area contributed by atoms with Crippen LogP contribution < -0.4 is 5.32 Å². The second kappa shape index (κ2) is 10.4. The third-order valence-electron chi connectivity index (χ3n) is 5.09. The zero-order valence-electron chi connectivity index (χ0n) is 19.8. The summed E-state index contributed by atoms with van der Waals surface area (Å²) in [6.45, 7) is 5.31. The van der Waals surface area contributed by atoms with Gasteiger partial charge in [-0.2, -0.15) is 26.3 Å². The van der Waals surface area contributed by atoms with Crippen molar-refractivity contribution in [1.29, 1.82) is 0 Å². The summed E-state index contributed by atoms with van der Waals surface area (Å²) in [6.07, 6.45) is -7.63. The van der Waals surface area contributed by atoms with Crippen LogP contribution in [0.3, 0.4) is 0 Å². The van der Waals surface area contributed by atoms with Crippen molar-refractivity contribution in [1.82, 2.24) is 30.2 Å². The molecule has 0 spiro atoms. The summed E-state index contributed by atoms with van der Waals surface area (Å²) in [4.78, 5) is 42.4.